The monoisotopic (exact) mass is 316 g/mol. The van der Waals surface area contributed by atoms with Gasteiger partial charge in [0.15, 0.2) is 11.6 Å². The van der Waals surface area contributed by atoms with E-state index >= 15 is 0 Å². The van der Waals surface area contributed by atoms with E-state index in [2.05, 4.69) is 15.9 Å². The van der Waals surface area contributed by atoms with Crippen LogP contribution in [0.4, 0.5) is 0 Å². The number of alkyl halides is 1. The Hall–Kier alpha value is -0.970. The van der Waals surface area contributed by atoms with Gasteiger partial charge in [0.1, 0.15) is 0 Å². The standard InChI is InChI=1S/C13H17BrO4/c1-7-5-8(15)13(4,11(14)10(7)18)12(2,3)6-9(16)17/h5,11H,6H2,1-4H3,(H,16,17). The summed E-state index contributed by atoms with van der Waals surface area (Å²) in [6, 6.07) is 0. The number of halogens is 1. The minimum absolute atomic E-state index is 0.157. The molecule has 0 aromatic heterocycles. The number of hydrogen-bond donors (Lipinski definition) is 1. The second kappa shape index (κ2) is 4.61. The van der Waals surface area contributed by atoms with Gasteiger partial charge in [-0.1, -0.05) is 36.7 Å². The molecule has 4 nitrogen and oxygen atoms in total. The highest BCUT2D eigenvalue weighted by atomic mass is 79.9. The Morgan fingerprint density at radius 1 is 1.50 bits per heavy atom. The molecule has 0 radical (unpaired) electrons. The van der Waals surface area contributed by atoms with E-state index in [1.165, 1.54) is 6.08 Å². The second-order valence-corrected chi connectivity index (χ2v) is 6.49. The highest BCUT2D eigenvalue weighted by Gasteiger charge is 2.55. The number of rotatable bonds is 3. The first-order valence-electron chi connectivity index (χ1n) is 5.67. The number of carbonyl (C=O) groups excluding carboxylic acids is 2. The third-order valence-corrected chi connectivity index (χ3v) is 5.32. The molecule has 2 atom stereocenters. The lowest BCUT2D eigenvalue weighted by Gasteiger charge is -2.46. The minimum atomic E-state index is -1.05. The molecule has 0 saturated heterocycles. The van der Waals surface area contributed by atoms with Gasteiger partial charge in [0.25, 0.3) is 0 Å². The van der Waals surface area contributed by atoms with Gasteiger partial charge in [0.2, 0.25) is 0 Å². The van der Waals surface area contributed by atoms with Crippen LogP contribution in [0.15, 0.2) is 11.6 Å². The molecule has 2 unspecified atom stereocenters. The summed E-state index contributed by atoms with van der Waals surface area (Å²) >= 11 is 3.28. The Morgan fingerprint density at radius 3 is 2.44 bits per heavy atom. The average Bonchev–Trinajstić information content (AvgIpc) is 2.21. The number of carboxylic acid groups (broad SMARTS) is 1. The van der Waals surface area contributed by atoms with Crippen LogP contribution < -0.4 is 0 Å². The van der Waals surface area contributed by atoms with E-state index in [9.17, 15) is 14.4 Å². The van der Waals surface area contributed by atoms with Gasteiger partial charge in [0, 0.05) is 0 Å². The maximum Gasteiger partial charge on any atom is 0.303 e. The molecule has 0 spiro atoms. The van der Waals surface area contributed by atoms with Crippen LogP contribution in [0.3, 0.4) is 0 Å². The zero-order valence-electron chi connectivity index (χ0n) is 10.9. The Bertz CT molecular complexity index is 450. The van der Waals surface area contributed by atoms with Gasteiger partial charge in [0.05, 0.1) is 16.7 Å². The maximum atomic E-state index is 12.3. The van der Waals surface area contributed by atoms with Crippen LogP contribution in [0.2, 0.25) is 0 Å². The maximum absolute atomic E-state index is 12.3. The normalized spacial score (nSPS) is 29.2. The van der Waals surface area contributed by atoms with Crippen molar-refractivity contribution in [3.8, 4) is 0 Å². The van der Waals surface area contributed by atoms with Gasteiger partial charge >= 0.3 is 5.97 Å². The second-order valence-electron chi connectivity index (χ2n) is 5.58. The molecule has 18 heavy (non-hydrogen) atoms. The molecule has 1 aliphatic rings. The lowest BCUT2D eigenvalue weighted by Crippen LogP contribution is -2.53. The molecule has 0 aliphatic heterocycles. The van der Waals surface area contributed by atoms with Crippen molar-refractivity contribution in [3.63, 3.8) is 0 Å². The summed E-state index contributed by atoms with van der Waals surface area (Å²) in [7, 11) is 0. The fraction of sp³-hybridized carbons (Fsp3) is 0.615. The summed E-state index contributed by atoms with van der Waals surface area (Å²) in [4.78, 5) is 34.5. The Morgan fingerprint density at radius 2 is 2.00 bits per heavy atom. The molecular formula is C13H17BrO4. The predicted molar refractivity (Wildman–Crippen MR) is 70.6 cm³/mol. The smallest absolute Gasteiger partial charge is 0.303 e. The first-order valence-corrected chi connectivity index (χ1v) is 6.58. The van der Waals surface area contributed by atoms with Crippen molar-refractivity contribution in [3.05, 3.63) is 11.6 Å². The van der Waals surface area contributed by atoms with Crippen LogP contribution in [-0.4, -0.2) is 27.5 Å². The summed E-state index contributed by atoms with van der Waals surface area (Å²) in [6.45, 7) is 6.65. The molecule has 0 aromatic rings. The summed E-state index contributed by atoms with van der Waals surface area (Å²) in [5.41, 5.74) is -1.47. The van der Waals surface area contributed by atoms with E-state index in [0.717, 1.165) is 0 Å². The minimum Gasteiger partial charge on any atom is -0.481 e. The highest BCUT2D eigenvalue weighted by molar-refractivity contribution is 9.10. The number of ketones is 2. The van der Waals surface area contributed by atoms with E-state index in [4.69, 9.17) is 5.11 Å². The number of carbonyl (C=O) groups is 3. The first-order chi connectivity index (χ1) is 8.04. The zero-order valence-corrected chi connectivity index (χ0v) is 12.5. The summed E-state index contributed by atoms with van der Waals surface area (Å²) in [5, 5.41) is 8.96. The number of carboxylic acids is 1. The van der Waals surface area contributed by atoms with Crippen molar-refractivity contribution in [1.29, 1.82) is 0 Å². The van der Waals surface area contributed by atoms with Crippen molar-refractivity contribution in [2.75, 3.05) is 0 Å². The lowest BCUT2D eigenvalue weighted by atomic mass is 9.58. The number of Topliss-reactive ketones (excluding diaryl/α,β-unsaturated/α-hetero) is 1. The van der Waals surface area contributed by atoms with E-state index in [1.807, 2.05) is 0 Å². The zero-order chi connectivity index (χ0) is 14.3. The molecular weight excluding hydrogens is 300 g/mol. The molecule has 0 bridgehead atoms. The SMILES string of the molecule is CC1=CC(=O)C(C)(C(C)(C)CC(=O)O)C(Br)C1=O. The van der Waals surface area contributed by atoms with Gasteiger partial charge in [-0.15, -0.1) is 0 Å². The van der Waals surface area contributed by atoms with Crippen molar-refractivity contribution in [2.45, 2.75) is 38.9 Å². The van der Waals surface area contributed by atoms with Crippen LogP contribution in [0.25, 0.3) is 0 Å². The van der Waals surface area contributed by atoms with E-state index in [-0.39, 0.29) is 18.0 Å². The van der Waals surface area contributed by atoms with Gasteiger partial charge in [-0.2, -0.15) is 0 Å². The number of aliphatic carboxylic acids is 1. The van der Waals surface area contributed by atoms with Crippen molar-refractivity contribution in [2.24, 2.45) is 10.8 Å². The Balaban J connectivity index is 3.31. The molecule has 0 saturated carbocycles. The van der Waals surface area contributed by atoms with Crippen LogP contribution in [0.5, 0.6) is 0 Å². The molecule has 0 aromatic carbocycles. The summed E-state index contributed by atoms with van der Waals surface area (Å²) in [5.74, 6) is -1.34. The first kappa shape index (κ1) is 15.1. The van der Waals surface area contributed by atoms with Crippen molar-refractivity contribution in [1.82, 2.24) is 0 Å². The van der Waals surface area contributed by atoms with Crippen molar-refractivity contribution < 1.29 is 19.5 Å². The van der Waals surface area contributed by atoms with Gasteiger partial charge in [-0.3, -0.25) is 14.4 Å². The quantitative estimate of drug-likeness (QED) is 0.811. The lowest BCUT2D eigenvalue weighted by molar-refractivity contribution is -0.145. The summed E-state index contributed by atoms with van der Waals surface area (Å²) < 4.78 is 0. The number of allylic oxidation sites excluding steroid dienone is 2. The molecule has 1 N–H and O–H groups in total. The van der Waals surface area contributed by atoms with Gasteiger partial charge in [-0.05, 0) is 24.0 Å². The molecule has 0 fully saturated rings. The fourth-order valence-electron chi connectivity index (χ4n) is 2.24. The van der Waals surface area contributed by atoms with Crippen LogP contribution in [0.1, 0.15) is 34.1 Å². The van der Waals surface area contributed by atoms with Crippen LogP contribution >= 0.6 is 15.9 Å². The van der Waals surface area contributed by atoms with E-state index in [0.29, 0.717) is 5.57 Å². The average molecular weight is 317 g/mol. The van der Waals surface area contributed by atoms with Crippen LogP contribution in [0, 0.1) is 10.8 Å². The van der Waals surface area contributed by atoms with Crippen molar-refractivity contribution >= 4 is 33.5 Å². The summed E-state index contributed by atoms with van der Waals surface area (Å²) in [6.07, 6.45) is 1.15. The third kappa shape index (κ3) is 2.16. The van der Waals surface area contributed by atoms with Crippen LogP contribution in [-0.2, 0) is 14.4 Å². The number of hydrogen-bond acceptors (Lipinski definition) is 3. The highest BCUT2D eigenvalue weighted by Crippen LogP contribution is 2.50. The Kier molecular flexibility index (Phi) is 3.86. The third-order valence-electron chi connectivity index (χ3n) is 3.98. The molecule has 0 heterocycles. The Labute approximate surface area is 115 Å². The predicted octanol–water partition coefficient (Wildman–Crippen LogP) is 2.36. The van der Waals surface area contributed by atoms with Gasteiger partial charge in [-0.25, -0.2) is 0 Å². The molecule has 100 valence electrons. The molecule has 1 rings (SSSR count). The molecule has 5 heteroatoms. The van der Waals surface area contributed by atoms with E-state index in [1.54, 1.807) is 27.7 Å². The van der Waals surface area contributed by atoms with E-state index < -0.39 is 21.6 Å². The molecule has 1 aliphatic carbocycles. The fourth-order valence-corrected chi connectivity index (χ4v) is 3.45. The molecule has 0 amide bonds. The van der Waals surface area contributed by atoms with Gasteiger partial charge < -0.3 is 5.11 Å². The largest absolute Gasteiger partial charge is 0.481 e. The topological polar surface area (TPSA) is 71.4 Å².